The lowest BCUT2D eigenvalue weighted by molar-refractivity contribution is -0.180. The van der Waals surface area contributed by atoms with Crippen LogP contribution in [0.25, 0.3) is 10.8 Å². The summed E-state index contributed by atoms with van der Waals surface area (Å²) in [5.74, 6) is 0.194. The Bertz CT molecular complexity index is 1170. The molecule has 0 amide bonds. The minimum Gasteiger partial charge on any atom is -0.345 e. The van der Waals surface area contributed by atoms with Gasteiger partial charge < -0.3 is 14.0 Å². The predicted octanol–water partition coefficient (Wildman–Crippen LogP) is 6.65. The number of hydrogen-bond acceptors (Lipinski definition) is 4. The quantitative estimate of drug-likeness (QED) is 0.254. The zero-order valence-electron chi connectivity index (χ0n) is 18.1. The number of imidazole rings is 1. The molecule has 4 nitrogen and oxygen atoms in total. The maximum Gasteiger partial charge on any atom is 0.187 e. The highest BCUT2D eigenvalue weighted by molar-refractivity contribution is 7.99. The maximum atomic E-state index is 6.56. The number of nitrogens with zero attached hydrogens (tertiary/aromatic N) is 2. The lowest BCUT2D eigenvalue weighted by Crippen LogP contribution is -2.37. The zero-order valence-corrected chi connectivity index (χ0v) is 20.5. The van der Waals surface area contributed by atoms with E-state index in [9.17, 15) is 0 Å². The first kappa shape index (κ1) is 24.1. The van der Waals surface area contributed by atoms with Gasteiger partial charge >= 0.3 is 0 Å². The third-order valence-electron chi connectivity index (χ3n) is 5.76. The van der Waals surface area contributed by atoms with E-state index in [2.05, 4.69) is 59.6 Å². The highest BCUT2D eigenvalue weighted by atomic mass is 35.5. The van der Waals surface area contributed by atoms with E-state index in [1.165, 1.54) is 21.2 Å². The van der Waals surface area contributed by atoms with Crippen LogP contribution in [0.3, 0.4) is 0 Å². The van der Waals surface area contributed by atoms with Gasteiger partial charge in [-0.1, -0.05) is 54.1 Å². The van der Waals surface area contributed by atoms with E-state index in [1.807, 2.05) is 41.0 Å². The molecular formula is C26H26Cl2N2O2S. The van der Waals surface area contributed by atoms with Gasteiger partial charge in [0.15, 0.2) is 5.79 Å². The first-order chi connectivity index (χ1) is 15.7. The third kappa shape index (κ3) is 6.11. The number of fused-ring (bicyclic) bond motifs is 1. The molecule has 0 saturated carbocycles. The van der Waals surface area contributed by atoms with Gasteiger partial charge in [0.2, 0.25) is 0 Å². The summed E-state index contributed by atoms with van der Waals surface area (Å²) in [5.41, 5.74) is 1.22. The van der Waals surface area contributed by atoms with Crippen molar-refractivity contribution in [2.24, 2.45) is 0 Å². The topological polar surface area (TPSA) is 36.3 Å². The third-order valence-corrected chi connectivity index (χ3v) is 7.14. The van der Waals surface area contributed by atoms with Gasteiger partial charge in [0.1, 0.15) is 0 Å². The first-order valence-electron chi connectivity index (χ1n) is 10.8. The van der Waals surface area contributed by atoms with Crippen molar-refractivity contribution in [3.8, 4) is 0 Å². The van der Waals surface area contributed by atoms with Gasteiger partial charge in [0.05, 0.1) is 25.6 Å². The molecule has 3 aromatic carbocycles. The molecule has 2 heterocycles. The van der Waals surface area contributed by atoms with Gasteiger partial charge in [-0.05, 0) is 47.0 Å². The van der Waals surface area contributed by atoms with E-state index in [4.69, 9.17) is 21.1 Å². The van der Waals surface area contributed by atoms with Crippen molar-refractivity contribution in [3.63, 3.8) is 0 Å². The Labute approximate surface area is 209 Å². The van der Waals surface area contributed by atoms with E-state index in [0.29, 0.717) is 13.2 Å². The van der Waals surface area contributed by atoms with Gasteiger partial charge in [0.25, 0.3) is 0 Å². The molecular weight excluding hydrogens is 475 g/mol. The van der Waals surface area contributed by atoms with Crippen LogP contribution >= 0.6 is 35.8 Å². The molecule has 1 aliphatic heterocycles. The highest BCUT2D eigenvalue weighted by Crippen LogP contribution is 2.34. The average molecular weight is 501 g/mol. The average Bonchev–Trinajstić information content (AvgIpc) is 3.48. The summed E-state index contributed by atoms with van der Waals surface area (Å²) in [4.78, 5) is 5.43. The normalized spacial score (nSPS) is 20.1. The monoisotopic (exact) mass is 500 g/mol. The Morgan fingerprint density at radius 3 is 2.67 bits per heavy atom. The number of thioether (sulfide) groups is 1. The van der Waals surface area contributed by atoms with Crippen LogP contribution in [-0.2, 0) is 22.4 Å². The molecule has 172 valence electrons. The highest BCUT2D eigenvalue weighted by Gasteiger charge is 2.41. The zero-order chi connectivity index (χ0) is 21.8. The Morgan fingerprint density at radius 2 is 1.88 bits per heavy atom. The van der Waals surface area contributed by atoms with E-state index < -0.39 is 5.79 Å². The molecule has 0 radical (unpaired) electrons. The lowest BCUT2D eigenvalue weighted by Gasteiger charge is -2.28. The molecule has 1 saturated heterocycles. The number of aryl methyl sites for hydroxylation is 1. The van der Waals surface area contributed by atoms with Crippen molar-refractivity contribution < 1.29 is 9.47 Å². The maximum absolute atomic E-state index is 6.56. The van der Waals surface area contributed by atoms with Crippen molar-refractivity contribution >= 4 is 46.5 Å². The minimum absolute atomic E-state index is 0. The summed E-state index contributed by atoms with van der Waals surface area (Å²) in [6.45, 7) is 1.22. The number of halogens is 2. The van der Waals surface area contributed by atoms with Crippen LogP contribution in [0.15, 0.2) is 90.3 Å². The second-order valence-electron chi connectivity index (χ2n) is 8.14. The van der Waals surface area contributed by atoms with Crippen molar-refractivity contribution in [2.75, 3.05) is 12.4 Å². The van der Waals surface area contributed by atoms with Crippen molar-refractivity contribution in [3.05, 3.63) is 96.0 Å². The molecule has 1 aliphatic rings. The van der Waals surface area contributed by atoms with Crippen LogP contribution in [0.4, 0.5) is 0 Å². The summed E-state index contributed by atoms with van der Waals surface area (Å²) >= 11 is 7.85. The summed E-state index contributed by atoms with van der Waals surface area (Å²) < 4.78 is 14.9. The van der Waals surface area contributed by atoms with E-state index >= 15 is 0 Å². The molecule has 1 aromatic heterocycles. The molecule has 0 spiro atoms. The number of benzene rings is 3. The van der Waals surface area contributed by atoms with Crippen LogP contribution < -0.4 is 0 Å². The van der Waals surface area contributed by atoms with E-state index in [1.54, 1.807) is 6.20 Å². The van der Waals surface area contributed by atoms with Crippen LogP contribution in [0, 0.1) is 0 Å². The van der Waals surface area contributed by atoms with Gasteiger partial charge in [-0.3, -0.25) is 0 Å². The van der Waals surface area contributed by atoms with Crippen molar-refractivity contribution in [1.82, 2.24) is 9.55 Å². The number of hydrogen-bond donors (Lipinski definition) is 0. The van der Waals surface area contributed by atoms with Crippen LogP contribution in [0.5, 0.6) is 0 Å². The SMILES string of the molecule is Cl.Clc1ccc(CC[C@@]2(Cn3ccnc3)OC[C@@H](CSc3ccc4ccccc4c3)O2)cc1. The smallest absolute Gasteiger partial charge is 0.187 e. The first-order valence-corrected chi connectivity index (χ1v) is 12.2. The van der Waals surface area contributed by atoms with Gasteiger partial charge in [0, 0.05) is 34.5 Å². The summed E-state index contributed by atoms with van der Waals surface area (Å²) in [7, 11) is 0. The molecule has 4 aromatic rings. The predicted molar refractivity (Wildman–Crippen MR) is 137 cm³/mol. The molecule has 0 bridgehead atoms. The standard InChI is InChI=1S/C26H25ClN2O2S.ClH/c27-23-8-5-20(6-9-23)11-12-26(18-29-14-13-28-19-29)30-16-24(31-26)17-32-25-10-7-21-3-1-2-4-22(21)15-25;/h1-10,13-15,19,24H,11-12,16-18H2;1H/t24-,26+;/m0./s1. The summed E-state index contributed by atoms with van der Waals surface area (Å²) in [6.07, 6.45) is 7.22. The molecule has 5 rings (SSSR count). The van der Waals surface area contributed by atoms with Gasteiger partial charge in [-0.25, -0.2) is 4.98 Å². The van der Waals surface area contributed by atoms with E-state index in [0.717, 1.165) is 23.6 Å². The van der Waals surface area contributed by atoms with Crippen LogP contribution in [0.2, 0.25) is 5.02 Å². The van der Waals surface area contributed by atoms with Crippen molar-refractivity contribution in [2.45, 2.75) is 36.2 Å². The summed E-state index contributed by atoms with van der Waals surface area (Å²) in [5, 5.41) is 3.28. The van der Waals surface area contributed by atoms with Crippen LogP contribution in [-0.4, -0.2) is 33.8 Å². The fraction of sp³-hybridized carbons (Fsp3) is 0.269. The molecule has 7 heteroatoms. The Hall–Kier alpha value is -2.02. The Kier molecular flexibility index (Phi) is 7.99. The Balaban J connectivity index is 0.00000259. The number of ether oxygens (including phenoxy) is 2. The lowest BCUT2D eigenvalue weighted by atomic mass is 10.0. The molecule has 0 unspecified atom stereocenters. The van der Waals surface area contributed by atoms with Gasteiger partial charge in [-0.2, -0.15) is 0 Å². The Morgan fingerprint density at radius 1 is 1.06 bits per heavy atom. The molecule has 33 heavy (non-hydrogen) atoms. The van der Waals surface area contributed by atoms with E-state index in [-0.39, 0.29) is 18.5 Å². The van der Waals surface area contributed by atoms with Crippen molar-refractivity contribution in [1.29, 1.82) is 0 Å². The molecule has 0 N–H and O–H groups in total. The molecule has 1 fully saturated rings. The largest absolute Gasteiger partial charge is 0.345 e. The molecule has 0 aliphatic carbocycles. The fourth-order valence-electron chi connectivity index (χ4n) is 4.08. The second-order valence-corrected chi connectivity index (χ2v) is 9.67. The number of aromatic nitrogens is 2. The fourth-order valence-corrected chi connectivity index (χ4v) is 5.13. The second kappa shape index (κ2) is 10.9. The van der Waals surface area contributed by atoms with Crippen LogP contribution in [0.1, 0.15) is 12.0 Å². The minimum atomic E-state index is -0.658. The number of rotatable bonds is 8. The van der Waals surface area contributed by atoms with Gasteiger partial charge in [-0.15, -0.1) is 24.2 Å². The summed E-state index contributed by atoms with van der Waals surface area (Å²) in [6, 6.07) is 23.0. The molecule has 2 atom stereocenters.